The van der Waals surface area contributed by atoms with Crippen LogP contribution in [0.5, 0.6) is 0 Å². The molecule has 0 bridgehead atoms. The Bertz CT molecular complexity index is 254. The maximum atomic E-state index is 5.60. The fourth-order valence-electron chi connectivity index (χ4n) is 3.88. The molecule has 1 spiro atoms. The number of rotatable bonds is 2. The van der Waals surface area contributed by atoms with Crippen molar-refractivity contribution in [3.05, 3.63) is 0 Å². The molecule has 0 radical (unpaired) electrons. The van der Waals surface area contributed by atoms with E-state index in [0.29, 0.717) is 5.41 Å². The summed E-state index contributed by atoms with van der Waals surface area (Å²) in [4.78, 5) is 2.77. The SMILES string of the molecule is CC(C)C1CC(N2CCC3(CCOC3)CC2)C1. The van der Waals surface area contributed by atoms with Crippen LogP contribution in [-0.4, -0.2) is 37.2 Å². The van der Waals surface area contributed by atoms with Gasteiger partial charge in [-0.15, -0.1) is 0 Å². The Hall–Kier alpha value is -0.0800. The Morgan fingerprint density at radius 1 is 1.12 bits per heavy atom. The minimum Gasteiger partial charge on any atom is -0.381 e. The number of ether oxygens (including phenoxy) is 1. The lowest BCUT2D eigenvalue weighted by Gasteiger charge is -2.49. The zero-order valence-electron chi connectivity index (χ0n) is 11.5. The third kappa shape index (κ3) is 2.26. The molecule has 3 rings (SSSR count). The summed E-state index contributed by atoms with van der Waals surface area (Å²) in [5, 5.41) is 0. The van der Waals surface area contributed by atoms with Crippen molar-refractivity contribution in [2.24, 2.45) is 17.3 Å². The zero-order valence-corrected chi connectivity index (χ0v) is 11.5. The molecule has 3 aliphatic rings. The minimum atomic E-state index is 0.581. The molecular formula is C15H27NO. The second-order valence-electron chi connectivity index (χ2n) is 6.97. The third-order valence-electron chi connectivity index (χ3n) is 5.65. The smallest absolute Gasteiger partial charge is 0.0524 e. The first-order valence-corrected chi connectivity index (χ1v) is 7.50. The molecule has 1 aliphatic carbocycles. The summed E-state index contributed by atoms with van der Waals surface area (Å²) in [7, 11) is 0. The summed E-state index contributed by atoms with van der Waals surface area (Å²) in [6.07, 6.45) is 7.01. The van der Waals surface area contributed by atoms with Crippen molar-refractivity contribution in [1.29, 1.82) is 0 Å². The summed E-state index contributed by atoms with van der Waals surface area (Å²) < 4.78 is 5.60. The van der Waals surface area contributed by atoms with Crippen LogP contribution in [0.15, 0.2) is 0 Å². The molecule has 3 fully saturated rings. The van der Waals surface area contributed by atoms with Crippen molar-refractivity contribution < 1.29 is 4.74 Å². The van der Waals surface area contributed by atoms with E-state index in [-0.39, 0.29) is 0 Å². The van der Waals surface area contributed by atoms with Crippen LogP contribution in [0.3, 0.4) is 0 Å². The molecule has 1 saturated carbocycles. The van der Waals surface area contributed by atoms with Crippen LogP contribution < -0.4 is 0 Å². The van der Waals surface area contributed by atoms with Crippen LogP contribution in [0.25, 0.3) is 0 Å². The summed E-state index contributed by atoms with van der Waals surface area (Å²) in [5.41, 5.74) is 0.581. The van der Waals surface area contributed by atoms with Crippen LogP contribution in [0.1, 0.15) is 46.0 Å². The van der Waals surface area contributed by atoms with E-state index in [1.54, 1.807) is 0 Å². The Morgan fingerprint density at radius 2 is 1.82 bits per heavy atom. The van der Waals surface area contributed by atoms with Gasteiger partial charge in [0.05, 0.1) is 6.61 Å². The highest BCUT2D eigenvalue weighted by Crippen LogP contribution is 2.43. The highest BCUT2D eigenvalue weighted by atomic mass is 16.5. The average molecular weight is 237 g/mol. The summed E-state index contributed by atoms with van der Waals surface area (Å²) >= 11 is 0. The molecular weight excluding hydrogens is 210 g/mol. The molecule has 2 heteroatoms. The molecule has 0 aromatic heterocycles. The van der Waals surface area contributed by atoms with Crippen molar-refractivity contribution in [3.8, 4) is 0 Å². The standard InChI is InChI=1S/C15H27NO/c1-12(2)13-9-14(10-13)16-6-3-15(4-7-16)5-8-17-11-15/h12-14H,3-11H2,1-2H3. The van der Waals surface area contributed by atoms with Crippen molar-refractivity contribution in [2.75, 3.05) is 26.3 Å². The summed E-state index contributed by atoms with van der Waals surface area (Å²) in [6, 6.07) is 0.919. The van der Waals surface area contributed by atoms with Crippen LogP contribution in [-0.2, 0) is 4.74 Å². The van der Waals surface area contributed by atoms with Crippen molar-refractivity contribution in [2.45, 2.75) is 52.0 Å². The van der Waals surface area contributed by atoms with Crippen molar-refractivity contribution >= 4 is 0 Å². The van der Waals surface area contributed by atoms with Gasteiger partial charge in [-0.05, 0) is 62.4 Å². The van der Waals surface area contributed by atoms with Crippen molar-refractivity contribution in [1.82, 2.24) is 4.90 Å². The maximum absolute atomic E-state index is 5.60. The molecule has 98 valence electrons. The van der Waals surface area contributed by atoms with Crippen LogP contribution in [0, 0.1) is 17.3 Å². The van der Waals surface area contributed by atoms with Gasteiger partial charge < -0.3 is 9.64 Å². The van der Waals surface area contributed by atoms with Gasteiger partial charge in [0.2, 0.25) is 0 Å². The van der Waals surface area contributed by atoms with Crippen LogP contribution in [0.4, 0.5) is 0 Å². The average Bonchev–Trinajstić information content (AvgIpc) is 2.67. The lowest BCUT2D eigenvalue weighted by Crippen LogP contribution is -2.51. The van der Waals surface area contributed by atoms with Gasteiger partial charge in [0.25, 0.3) is 0 Å². The van der Waals surface area contributed by atoms with E-state index >= 15 is 0 Å². The zero-order chi connectivity index (χ0) is 11.9. The Morgan fingerprint density at radius 3 is 2.35 bits per heavy atom. The van der Waals surface area contributed by atoms with Crippen LogP contribution >= 0.6 is 0 Å². The molecule has 2 heterocycles. The highest BCUT2D eigenvalue weighted by molar-refractivity contribution is 4.94. The first-order valence-electron chi connectivity index (χ1n) is 7.50. The molecule has 0 aromatic carbocycles. The number of nitrogens with zero attached hydrogens (tertiary/aromatic N) is 1. The fourth-order valence-corrected chi connectivity index (χ4v) is 3.88. The quantitative estimate of drug-likeness (QED) is 0.732. The number of piperidine rings is 1. The van der Waals surface area contributed by atoms with Gasteiger partial charge in [-0.3, -0.25) is 0 Å². The van der Waals surface area contributed by atoms with Gasteiger partial charge in [-0.2, -0.15) is 0 Å². The molecule has 17 heavy (non-hydrogen) atoms. The van der Waals surface area contributed by atoms with Crippen molar-refractivity contribution in [3.63, 3.8) is 0 Å². The number of hydrogen-bond donors (Lipinski definition) is 0. The van der Waals surface area contributed by atoms with Gasteiger partial charge in [0.1, 0.15) is 0 Å². The summed E-state index contributed by atoms with van der Waals surface area (Å²) in [5.74, 6) is 1.90. The molecule has 0 atom stereocenters. The summed E-state index contributed by atoms with van der Waals surface area (Å²) in [6.45, 7) is 9.47. The molecule has 2 aliphatic heterocycles. The fraction of sp³-hybridized carbons (Fsp3) is 1.00. The van der Waals surface area contributed by atoms with E-state index in [2.05, 4.69) is 18.7 Å². The molecule has 0 N–H and O–H groups in total. The number of hydrogen-bond acceptors (Lipinski definition) is 2. The lowest BCUT2D eigenvalue weighted by molar-refractivity contribution is 0.00390. The lowest BCUT2D eigenvalue weighted by atomic mass is 9.71. The molecule has 0 amide bonds. The highest BCUT2D eigenvalue weighted by Gasteiger charge is 2.42. The maximum Gasteiger partial charge on any atom is 0.0524 e. The Labute approximate surface area is 106 Å². The van der Waals surface area contributed by atoms with Gasteiger partial charge in [-0.25, -0.2) is 0 Å². The van der Waals surface area contributed by atoms with E-state index in [1.165, 1.54) is 45.2 Å². The second kappa shape index (κ2) is 4.55. The van der Waals surface area contributed by atoms with E-state index < -0.39 is 0 Å². The second-order valence-corrected chi connectivity index (χ2v) is 6.97. The van der Waals surface area contributed by atoms with Gasteiger partial charge >= 0.3 is 0 Å². The Balaban J connectivity index is 1.46. The van der Waals surface area contributed by atoms with E-state index in [1.807, 2.05) is 0 Å². The van der Waals surface area contributed by atoms with E-state index in [0.717, 1.165) is 31.1 Å². The topological polar surface area (TPSA) is 12.5 Å². The first-order chi connectivity index (χ1) is 8.19. The van der Waals surface area contributed by atoms with Gasteiger partial charge in [-0.1, -0.05) is 13.8 Å². The van der Waals surface area contributed by atoms with Gasteiger partial charge in [0.15, 0.2) is 0 Å². The largest absolute Gasteiger partial charge is 0.381 e. The molecule has 2 saturated heterocycles. The van der Waals surface area contributed by atoms with Gasteiger partial charge in [0, 0.05) is 12.6 Å². The molecule has 0 unspecified atom stereocenters. The molecule has 2 nitrogen and oxygen atoms in total. The number of likely N-dealkylation sites (tertiary alicyclic amines) is 1. The van der Waals surface area contributed by atoms with Crippen LogP contribution in [0.2, 0.25) is 0 Å². The van der Waals surface area contributed by atoms with E-state index in [9.17, 15) is 0 Å². The first kappa shape index (κ1) is 12.0. The monoisotopic (exact) mass is 237 g/mol. The predicted molar refractivity (Wildman–Crippen MR) is 70.0 cm³/mol. The van der Waals surface area contributed by atoms with E-state index in [4.69, 9.17) is 4.74 Å². The predicted octanol–water partition coefficient (Wildman–Crippen LogP) is 2.92. The normalized spacial score (nSPS) is 37.6. The minimum absolute atomic E-state index is 0.581. The third-order valence-corrected chi connectivity index (χ3v) is 5.65. The Kier molecular flexibility index (Phi) is 3.20. The molecule has 0 aromatic rings.